The number of amides is 2. The molecule has 3 aromatic rings. The Morgan fingerprint density at radius 1 is 1.03 bits per heavy atom. The molecule has 0 N–H and O–H groups in total. The van der Waals surface area contributed by atoms with Crippen molar-refractivity contribution in [1.29, 1.82) is 0 Å². The molecule has 0 spiro atoms. The van der Waals surface area contributed by atoms with Gasteiger partial charge in [0.15, 0.2) is 11.5 Å². The number of ether oxygens (including phenoxy) is 2. The molecular formula is C25H19BrClNO4S. The number of hydrogen-bond donors (Lipinski definition) is 0. The highest BCUT2D eigenvalue weighted by molar-refractivity contribution is 9.10. The Morgan fingerprint density at radius 2 is 1.79 bits per heavy atom. The summed E-state index contributed by atoms with van der Waals surface area (Å²) in [6.07, 6.45) is 1.68. The zero-order chi connectivity index (χ0) is 23.4. The lowest BCUT2D eigenvalue weighted by atomic mass is 10.1. The van der Waals surface area contributed by atoms with Crippen LogP contribution < -0.4 is 9.47 Å². The van der Waals surface area contributed by atoms with Gasteiger partial charge in [-0.05, 0) is 74.7 Å². The molecule has 1 heterocycles. The molecule has 168 valence electrons. The van der Waals surface area contributed by atoms with Gasteiger partial charge in [-0.25, -0.2) is 0 Å². The van der Waals surface area contributed by atoms with E-state index >= 15 is 0 Å². The van der Waals surface area contributed by atoms with Crippen LogP contribution in [0.15, 0.2) is 76.1 Å². The molecule has 0 unspecified atom stereocenters. The third-order valence-electron chi connectivity index (χ3n) is 4.88. The van der Waals surface area contributed by atoms with Crippen LogP contribution in [-0.4, -0.2) is 23.2 Å². The molecule has 2 amide bonds. The number of benzene rings is 3. The molecule has 8 heteroatoms. The minimum Gasteiger partial charge on any atom is -0.493 e. The lowest BCUT2D eigenvalue weighted by Crippen LogP contribution is -2.27. The number of thioether (sulfide) groups is 1. The van der Waals surface area contributed by atoms with E-state index in [-0.39, 0.29) is 17.7 Å². The number of rotatable bonds is 7. The quantitative estimate of drug-likeness (QED) is 0.302. The highest BCUT2D eigenvalue weighted by atomic mass is 79.9. The van der Waals surface area contributed by atoms with Gasteiger partial charge in [-0.3, -0.25) is 14.5 Å². The Morgan fingerprint density at radius 3 is 2.52 bits per heavy atom. The van der Waals surface area contributed by atoms with Crippen LogP contribution in [0.2, 0.25) is 5.02 Å². The number of hydrogen-bond acceptors (Lipinski definition) is 5. The standard InChI is InChI=1S/C25H19BrClNO4S/c1-31-21-12-18(11-20(26)23(21)32-15-16-6-3-2-4-7-16)13-22-24(29)28(25(30)33-22)14-17-8-5-9-19(27)10-17/h2-13H,14-15H2,1H3/b22-13-. The Balaban J connectivity index is 1.54. The zero-order valence-electron chi connectivity index (χ0n) is 17.6. The second kappa shape index (κ2) is 10.5. The number of carbonyl (C=O) groups is 2. The molecule has 0 aromatic heterocycles. The maximum atomic E-state index is 12.9. The van der Waals surface area contributed by atoms with Gasteiger partial charge in [0.05, 0.1) is 23.0 Å². The molecule has 1 aliphatic heterocycles. The Hall–Kier alpha value is -2.74. The first-order valence-electron chi connectivity index (χ1n) is 9.98. The number of methoxy groups -OCH3 is 1. The Labute approximate surface area is 209 Å². The molecule has 0 aliphatic carbocycles. The lowest BCUT2D eigenvalue weighted by Gasteiger charge is -2.14. The van der Waals surface area contributed by atoms with Crippen molar-refractivity contribution in [3.05, 3.63) is 97.8 Å². The number of halogens is 2. The van der Waals surface area contributed by atoms with Crippen LogP contribution in [0.25, 0.3) is 6.08 Å². The molecule has 0 bridgehead atoms. The van der Waals surface area contributed by atoms with Gasteiger partial charge in [-0.15, -0.1) is 0 Å². The van der Waals surface area contributed by atoms with E-state index in [9.17, 15) is 9.59 Å². The van der Waals surface area contributed by atoms with Crippen LogP contribution in [0.5, 0.6) is 11.5 Å². The van der Waals surface area contributed by atoms with Gasteiger partial charge in [0.1, 0.15) is 6.61 Å². The minimum atomic E-state index is -0.343. The molecule has 4 rings (SSSR count). The molecular weight excluding hydrogens is 526 g/mol. The van der Waals surface area contributed by atoms with Gasteiger partial charge in [0, 0.05) is 5.02 Å². The van der Waals surface area contributed by atoms with Crippen molar-refractivity contribution >= 4 is 56.5 Å². The third kappa shape index (κ3) is 5.61. The first kappa shape index (κ1) is 23.4. The maximum absolute atomic E-state index is 12.9. The number of carbonyl (C=O) groups excluding carboxylic acids is 2. The molecule has 1 aliphatic rings. The fraction of sp³-hybridized carbons (Fsp3) is 0.120. The average Bonchev–Trinajstić information content (AvgIpc) is 3.06. The average molecular weight is 545 g/mol. The Bertz CT molecular complexity index is 1230. The van der Waals surface area contributed by atoms with Gasteiger partial charge in [-0.2, -0.15) is 0 Å². The summed E-state index contributed by atoms with van der Waals surface area (Å²) in [4.78, 5) is 26.9. The third-order valence-corrected chi connectivity index (χ3v) is 6.61. The van der Waals surface area contributed by atoms with Gasteiger partial charge in [0.25, 0.3) is 11.1 Å². The van der Waals surface area contributed by atoms with Gasteiger partial charge in [0.2, 0.25) is 0 Å². The first-order chi connectivity index (χ1) is 15.9. The van der Waals surface area contributed by atoms with Crippen LogP contribution in [0.1, 0.15) is 16.7 Å². The number of nitrogens with zero attached hydrogens (tertiary/aromatic N) is 1. The van der Waals surface area contributed by atoms with E-state index in [1.54, 1.807) is 37.5 Å². The molecule has 0 atom stereocenters. The van der Waals surface area contributed by atoms with E-state index in [2.05, 4.69) is 15.9 Å². The summed E-state index contributed by atoms with van der Waals surface area (Å²) in [5.41, 5.74) is 2.53. The molecule has 1 saturated heterocycles. The summed E-state index contributed by atoms with van der Waals surface area (Å²) in [5.74, 6) is 0.738. The fourth-order valence-electron chi connectivity index (χ4n) is 3.30. The van der Waals surface area contributed by atoms with Crippen LogP contribution in [0.4, 0.5) is 4.79 Å². The summed E-state index contributed by atoms with van der Waals surface area (Å²) in [5, 5.41) is 0.238. The normalized spacial score (nSPS) is 14.8. The molecule has 3 aromatic carbocycles. The Kier molecular flexibility index (Phi) is 7.42. The van der Waals surface area contributed by atoms with Crippen molar-refractivity contribution in [3.63, 3.8) is 0 Å². The van der Waals surface area contributed by atoms with E-state index in [1.165, 1.54) is 4.90 Å². The minimum absolute atomic E-state index is 0.168. The summed E-state index contributed by atoms with van der Waals surface area (Å²) in [6.45, 7) is 0.555. The van der Waals surface area contributed by atoms with Crippen molar-refractivity contribution in [2.45, 2.75) is 13.2 Å². The fourth-order valence-corrected chi connectivity index (χ4v) is 4.92. The van der Waals surface area contributed by atoms with Gasteiger partial charge >= 0.3 is 0 Å². The molecule has 1 fully saturated rings. The van der Waals surface area contributed by atoms with E-state index in [1.807, 2.05) is 42.5 Å². The van der Waals surface area contributed by atoms with E-state index in [0.29, 0.717) is 38.1 Å². The van der Waals surface area contributed by atoms with E-state index < -0.39 is 0 Å². The van der Waals surface area contributed by atoms with E-state index in [0.717, 1.165) is 22.9 Å². The topological polar surface area (TPSA) is 55.8 Å². The van der Waals surface area contributed by atoms with Crippen LogP contribution >= 0.6 is 39.3 Å². The highest BCUT2D eigenvalue weighted by Gasteiger charge is 2.35. The van der Waals surface area contributed by atoms with Crippen molar-refractivity contribution in [1.82, 2.24) is 4.90 Å². The SMILES string of the molecule is COc1cc(/C=C2\SC(=O)N(Cc3cccc(Cl)c3)C2=O)cc(Br)c1OCc1ccccc1. The van der Waals surface area contributed by atoms with Crippen molar-refractivity contribution < 1.29 is 19.1 Å². The molecule has 5 nitrogen and oxygen atoms in total. The lowest BCUT2D eigenvalue weighted by molar-refractivity contribution is -0.123. The van der Waals surface area contributed by atoms with Crippen LogP contribution in [0, 0.1) is 0 Å². The summed E-state index contributed by atoms with van der Waals surface area (Å²) < 4.78 is 12.2. The maximum Gasteiger partial charge on any atom is 0.293 e. The zero-order valence-corrected chi connectivity index (χ0v) is 20.7. The first-order valence-corrected chi connectivity index (χ1v) is 12.0. The van der Waals surface area contributed by atoms with Crippen LogP contribution in [0.3, 0.4) is 0 Å². The molecule has 33 heavy (non-hydrogen) atoms. The van der Waals surface area contributed by atoms with Crippen LogP contribution in [-0.2, 0) is 17.9 Å². The summed E-state index contributed by atoms with van der Waals surface area (Å²) in [6, 6.07) is 20.5. The van der Waals surface area contributed by atoms with Gasteiger partial charge < -0.3 is 9.47 Å². The van der Waals surface area contributed by atoms with E-state index in [4.69, 9.17) is 21.1 Å². The summed E-state index contributed by atoms with van der Waals surface area (Å²) in [7, 11) is 1.56. The predicted octanol–water partition coefficient (Wildman–Crippen LogP) is 6.93. The highest BCUT2D eigenvalue weighted by Crippen LogP contribution is 2.39. The molecule has 0 radical (unpaired) electrons. The second-order valence-corrected chi connectivity index (χ2v) is 9.49. The monoisotopic (exact) mass is 543 g/mol. The molecule has 0 saturated carbocycles. The summed E-state index contributed by atoms with van der Waals surface area (Å²) >= 11 is 10.5. The second-order valence-electron chi connectivity index (χ2n) is 7.21. The van der Waals surface area contributed by atoms with Gasteiger partial charge in [-0.1, -0.05) is 54.1 Å². The van der Waals surface area contributed by atoms with Crippen molar-refractivity contribution in [3.8, 4) is 11.5 Å². The number of imide groups is 1. The van der Waals surface area contributed by atoms with Crippen molar-refractivity contribution in [2.24, 2.45) is 0 Å². The van der Waals surface area contributed by atoms with Crippen molar-refractivity contribution in [2.75, 3.05) is 7.11 Å². The largest absolute Gasteiger partial charge is 0.493 e. The predicted molar refractivity (Wildman–Crippen MR) is 134 cm³/mol. The smallest absolute Gasteiger partial charge is 0.293 e.